The average Bonchev–Trinajstić information content (AvgIpc) is 2.05. The molecule has 0 N–H and O–H groups in total. The number of hydrogen-bond donors (Lipinski definition) is 0. The summed E-state index contributed by atoms with van der Waals surface area (Å²) in [6, 6.07) is 0. The second-order valence-electron chi connectivity index (χ2n) is 2.70. The van der Waals surface area contributed by atoms with E-state index in [2.05, 4.69) is 25.0 Å². The molecule has 0 aliphatic heterocycles. The molecule has 0 aromatic carbocycles. The van der Waals surface area contributed by atoms with E-state index in [0.29, 0.717) is 5.92 Å². The summed E-state index contributed by atoms with van der Waals surface area (Å²) in [7, 11) is 0. The van der Waals surface area contributed by atoms with E-state index >= 15 is 0 Å². The molecule has 1 heteroatoms. The van der Waals surface area contributed by atoms with Crippen LogP contribution in [0.1, 0.15) is 39.5 Å². The van der Waals surface area contributed by atoms with Crippen LogP contribution < -0.4 is 0 Å². The van der Waals surface area contributed by atoms with E-state index in [1.165, 1.54) is 25.7 Å². The van der Waals surface area contributed by atoms with Crippen LogP contribution in [0, 0.1) is 17.1 Å². The van der Waals surface area contributed by atoms with Crippen LogP contribution in [0.4, 0.5) is 0 Å². The van der Waals surface area contributed by atoms with E-state index in [1.54, 1.807) is 11.8 Å². The van der Waals surface area contributed by atoms with Gasteiger partial charge in [-0.2, -0.15) is 0 Å². The maximum Gasteiger partial charge on any atom is 0.0209 e. The van der Waals surface area contributed by atoms with Gasteiger partial charge in [0.15, 0.2) is 0 Å². The molecule has 0 spiro atoms. The average molecular weight is 170 g/mol. The Labute approximate surface area is 75.1 Å². The van der Waals surface area contributed by atoms with Crippen molar-refractivity contribution in [2.24, 2.45) is 5.92 Å². The number of thioether (sulfide) groups is 1. The zero-order valence-corrected chi connectivity index (χ0v) is 8.63. The molecule has 0 fully saturated rings. The fourth-order valence-electron chi connectivity index (χ4n) is 0.971. The van der Waals surface area contributed by atoms with Crippen molar-refractivity contribution in [2.45, 2.75) is 39.5 Å². The molecule has 0 saturated carbocycles. The van der Waals surface area contributed by atoms with Crippen molar-refractivity contribution in [1.82, 2.24) is 0 Å². The van der Waals surface area contributed by atoms with Crippen LogP contribution in [0.25, 0.3) is 0 Å². The summed E-state index contributed by atoms with van der Waals surface area (Å²) in [6.45, 7) is 4.45. The summed E-state index contributed by atoms with van der Waals surface area (Å²) < 4.78 is 0. The molecule has 0 aliphatic rings. The standard InChI is InChI=1S/C10H18S/c1-4-6-7-10(5-2)8-9-11-3/h10H,4-7H2,1-3H3. The molecular formula is C10H18S. The molecule has 0 rings (SSSR count). The molecule has 0 saturated heterocycles. The van der Waals surface area contributed by atoms with Gasteiger partial charge < -0.3 is 0 Å². The Balaban J connectivity index is 3.57. The summed E-state index contributed by atoms with van der Waals surface area (Å²) in [6.07, 6.45) is 7.12. The van der Waals surface area contributed by atoms with Crippen LogP contribution in [-0.4, -0.2) is 6.26 Å². The minimum atomic E-state index is 0.641. The lowest BCUT2D eigenvalue weighted by molar-refractivity contribution is 0.556. The molecule has 64 valence electrons. The fourth-order valence-corrected chi connectivity index (χ4v) is 1.26. The topological polar surface area (TPSA) is 0 Å². The molecule has 0 radical (unpaired) electrons. The Bertz CT molecular complexity index is 130. The molecule has 0 nitrogen and oxygen atoms in total. The second kappa shape index (κ2) is 8.01. The van der Waals surface area contributed by atoms with Gasteiger partial charge in [-0.25, -0.2) is 0 Å². The first-order chi connectivity index (χ1) is 5.35. The quantitative estimate of drug-likeness (QED) is 0.582. The third-order valence-corrected chi connectivity index (χ3v) is 2.09. The molecule has 11 heavy (non-hydrogen) atoms. The second-order valence-corrected chi connectivity index (χ2v) is 3.31. The summed E-state index contributed by atoms with van der Waals surface area (Å²) in [5.74, 6) is 3.91. The smallest absolute Gasteiger partial charge is 0.0209 e. The first-order valence-corrected chi connectivity index (χ1v) is 5.61. The summed E-state index contributed by atoms with van der Waals surface area (Å²) in [5.41, 5.74) is 0. The van der Waals surface area contributed by atoms with E-state index in [9.17, 15) is 0 Å². The van der Waals surface area contributed by atoms with Crippen LogP contribution in [-0.2, 0) is 0 Å². The zero-order valence-electron chi connectivity index (χ0n) is 7.81. The van der Waals surface area contributed by atoms with Crippen molar-refractivity contribution in [1.29, 1.82) is 0 Å². The van der Waals surface area contributed by atoms with Gasteiger partial charge in [-0.15, -0.1) is 0 Å². The molecule has 0 aromatic rings. The van der Waals surface area contributed by atoms with Crippen LogP contribution in [0.3, 0.4) is 0 Å². The maximum absolute atomic E-state index is 3.27. The monoisotopic (exact) mass is 170 g/mol. The predicted octanol–water partition coefficient (Wildman–Crippen LogP) is 3.53. The molecule has 1 atom stereocenters. The van der Waals surface area contributed by atoms with E-state index in [0.717, 1.165) is 0 Å². The van der Waals surface area contributed by atoms with Crippen LogP contribution in [0.2, 0.25) is 0 Å². The van der Waals surface area contributed by atoms with Gasteiger partial charge in [0.25, 0.3) is 0 Å². The Hall–Kier alpha value is -0.0900. The van der Waals surface area contributed by atoms with Crippen molar-refractivity contribution < 1.29 is 0 Å². The van der Waals surface area contributed by atoms with Crippen molar-refractivity contribution in [2.75, 3.05) is 6.26 Å². The molecule has 0 amide bonds. The van der Waals surface area contributed by atoms with Crippen LogP contribution in [0.15, 0.2) is 0 Å². The Morgan fingerprint density at radius 2 is 2.09 bits per heavy atom. The van der Waals surface area contributed by atoms with Crippen LogP contribution in [0.5, 0.6) is 0 Å². The Morgan fingerprint density at radius 3 is 2.55 bits per heavy atom. The Morgan fingerprint density at radius 1 is 1.36 bits per heavy atom. The van der Waals surface area contributed by atoms with Gasteiger partial charge in [-0.1, -0.05) is 44.4 Å². The summed E-state index contributed by atoms with van der Waals surface area (Å²) in [5, 5.41) is 3.07. The molecular weight excluding hydrogens is 152 g/mol. The lowest BCUT2D eigenvalue weighted by atomic mass is 10.0. The molecule has 0 bridgehead atoms. The summed E-state index contributed by atoms with van der Waals surface area (Å²) in [4.78, 5) is 0. The minimum Gasteiger partial charge on any atom is -0.0879 e. The van der Waals surface area contributed by atoms with Gasteiger partial charge in [-0.05, 0) is 24.3 Å². The molecule has 1 unspecified atom stereocenters. The van der Waals surface area contributed by atoms with Gasteiger partial charge in [0.1, 0.15) is 0 Å². The maximum atomic E-state index is 3.27. The van der Waals surface area contributed by atoms with E-state index < -0.39 is 0 Å². The fraction of sp³-hybridized carbons (Fsp3) is 0.800. The third kappa shape index (κ3) is 6.31. The molecule has 0 aliphatic carbocycles. The third-order valence-electron chi connectivity index (χ3n) is 1.76. The highest BCUT2D eigenvalue weighted by molar-refractivity contribution is 8.03. The first-order valence-electron chi connectivity index (χ1n) is 4.38. The van der Waals surface area contributed by atoms with Crippen molar-refractivity contribution in [3.05, 3.63) is 0 Å². The zero-order chi connectivity index (χ0) is 8.53. The van der Waals surface area contributed by atoms with Crippen LogP contribution >= 0.6 is 11.8 Å². The van der Waals surface area contributed by atoms with Gasteiger partial charge in [0.2, 0.25) is 0 Å². The van der Waals surface area contributed by atoms with Crippen molar-refractivity contribution >= 4 is 11.8 Å². The van der Waals surface area contributed by atoms with Crippen molar-refractivity contribution in [3.63, 3.8) is 0 Å². The highest BCUT2D eigenvalue weighted by atomic mass is 32.2. The number of hydrogen-bond acceptors (Lipinski definition) is 1. The van der Waals surface area contributed by atoms with E-state index in [-0.39, 0.29) is 0 Å². The largest absolute Gasteiger partial charge is 0.0879 e. The highest BCUT2D eigenvalue weighted by Gasteiger charge is 1.99. The van der Waals surface area contributed by atoms with E-state index in [1.807, 2.05) is 6.26 Å². The molecule has 0 aromatic heterocycles. The lowest BCUT2D eigenvalue weighted by Gasteiger charge is -2.04. The summed E-state index contributed by atoms with van der Waals surface area (Å²) >= 11 is 1.62. The number of unbranched alkanes of at least 4 members (excludes halogenated alkanes) is 1. The first kappa shape index (κ1) is 10.9. The Kier molecular flexibility index (Phi) is 7.95. The lowest BCUT2D eigenvalue weighted by Crippen LogP contribution is -1.93. The predicted molar refractivity (Wildman–Crippen MR) is 54.6 cm³/mol. The normalized spacial score (nSPS) is 11.9. The van der Waals surface area contributed by atoms with Gasteiger partial charge in [0, 0.05) is 5.92 Å². The van der Waals surface area contributed by atoms with Gasteiger partial charge in [-0.3, -0.25) is 0 Å². The van der Waals surface area contributed by atoms with Gasteiger partial charge in [0.05, 0.1) is 0 Å². The highest BCUT2D eigenvalue weighted by Crippen LogP contribution is 2.11. The van der Waals surface area contributed by atoms with Gasteiger partial charge >= 0.3 is 0 Å². The molecule has 0 heterocycles. The number of rotatable bonds is 4. The SMILES string of the molecule is CCCCC(C#CSC)CC. The van der Waals surface area contributed by atoms with E-state index in [4.69, 9.17) is 0 Å². The minimum absolute atomic E-state index is 0.641. The van der Waals surface area contributed by atoms with Crippen molar-refractivity contribution in [3.8, 4) is 11.2 Å².